The molecule has 0 bridgehead atoms. The van der Waals surface area contributed by atoms with Crippen LogP contribution in [0.2, 0.25) is 0 Å². The lowest BCUT2D eigenvalue weighted by Crippen LogP contribution is -2.35. The van der Waals surface area contributed by atoms with E-state index in [4.69, 9.17) is 4.84 Å². The number of carbonyl (C=O) groups excluding carboxylic acids is 1. The normalized spacial score (nSPS) is 10.2. The molecule has 104 valence electrons. The van der Waals surface area contributed by atoms with Gasteiger partial charge in [0.2, 0.25) is 0 Å². The highest BCUT2D eigenvalue weighted by Crippen LogP contribution is 1.98. The Kier molecular flexibility index (Phi) is 4.46. The van der Waals surface area contributed by atoms with E-state index >= 15 is 0 Å². The molecule has 2 N–H and O–H groups in total. The van der Waals surface area contributed by atoms with E-state index in [-0.39, 0.29) is 13.2 Å². The van der Waals surface area contributed by atoms with Crippen molar-refractivity contribution in [3.63, 3.8) is 0 Å². The maximum Gasteiger partial charge on any atom is 0.265 e. The van der Waals surface area contributed by atoms with Gasteiger partial charge >= 0.3 is 0 Å². The van der Waals surface area contributed by atoms with E-state index in [1.807, 2.05) is 30.3 Å². The molecule has 0 atom stereocenters. The van der Waals surface area contributed by atoms with Gasteiger partial charge in [-0.15, -0.1) is 0 Å². The van der Waals surface area contributed by atoms with Crippen molar-refractivity contribution in [3.8, 4) is 0 Å². The zero-order valence-corrected chi connectivity index (χ0v) is 10.5. The Labute approximate surface area is 113 Å². The third kappa shape index (κ3) is 3.92. The molecule has 7 heteroatoms. The second-order valence-corrected chi connectivity index (χ2v) is 4.03. The summed E-state index contributed by atoms with van der Waals surface area (Å²) >= 11 is 0. The van der Waals surface area contributed by atoms with Crippen LogP contribution in [0.3, 0.4) is 0 Å². The smallest absolute Gasteiger partial charge is 0.265 e. The maximum atomic E-state index is 11.5. The molecule has 0 saturated carbocycles. The number of hydroxylamine groups is 1. The van der Waals surface area contributed by atoms with E-state index in [1.165, 1.54) is 0 Å². The number of hydrogen-bond donors (Lipinski definition) is 2. The minimum Gasteiger partial charge on any atom is -0.271 e. The molecule has 1 aromatic carbocycles. The molecule has 1 aromatic heterocycles. The van der Waals surface area contributed by atoms with Gasteiger partial charge in [0.25, 0.3) is 17.0 Å². The third-order valence-corrected chi connectivity index (χ3v) is 2.46. The van der Waals surface area contributed by atoms with E-state index in [1.54, 1.807) is 0 Å². The number of H-pyrrole nitrogens is 1. The zero-order valence-electron chi connectivity index (χ0n) is 10.5. The molecule has 1 amide bonds. The summed E-state index contributed by atoms with van der Waals surface area (Å²) in [5, 5.41) is 2.25. The van der Waals surface area contributed by atoms with Gasteiger partial charge < -0.3 is 0 Å². The number of aromatic nitrogens is 2. The van der Waals surface area contributed by atoms with Crippen LogP contribution in [0.4, 0.5) is 0 Å². The van der Waals surface area contributed by atoms with E-state index in [9.17, 15) is 14.4 Å². The fourth-order valence-electron chi connectivity index (χ4n) is 1.53. The van der Waals surface area contributed by atoms with Gasteiger partial charge in [-0.25, -0.2) is 10.2 Å². The summed E-state index contributed by atoms with van der Waals surface area (Å²) in [4.78, 5) is 39.0. The van der Waals surface area contributed by atoms with Gasteiger partial charge in [-0.2, -0.15) is 0 Å². The summed E-state index contributed by atoms with van der Waals surface area (Å²) in [6.07, 6.45) is 0. The highest BCUT2D eigenvalue weighted by atomic mass is 16.6. The van der Waals surface area contributed by atoms with E-state index in [2.05, 4.69) is 10.6 Å². The average molecular weight is 275 g/mol. The second kappa shape index (κ2) is 6.48. The van der Waals surface area contributed by atoms with E-state index in [0.717, 1.165) is 22.4 Å². The Morgan fingerprint density at radius 3 is 2.65 bits per heavy atom. The van der Waals surface area contributed by atoms with Crippen LogP contribution in [0.1, 0.15) is 5.56 Å². The van der Waals surface area contributed by atoms with Crippen molar-refractivity contribution in [2.24, 2.45) is 0 Å². The molecule has 0 radical (unpaired) electrons. The number of amides is 1. The number of rotatable bonds is 5. The Morgan fingerprint density at radius 1 is 1.15 bits per heavy atom. The van der Waals surface area contributed by atoms with Crippen molar-refractivity contribution in [2.45, 2.75) is 13.2 Å². The number of aromatic amines is 1. The lowest BCUT2D eigenvalue weighted by Gasteiger charge is -2.07. The zero-order chi connectivity index (χ0) is 14.4. The van der Waals surface area contributed by atoms with Crippen LogP contribution < -0.4 is 16.6 Å². The molecule has 7 nitrogen and oxygen atoms in total. The summed E-state index contributed by atoms with van der Waals surface area (Å²) in [7, 11) is 0. The van der Waals surface area contributed by atoms with Crippen LogP contribution in [0.5, 0.6) is 0 Å². The predicted molar refractivity (Wildman–Crippen MR) is 70.7 cm³/mol. The largest absolute Gasteiger partial charge is 0.271 e. The van der Waals surface area contributed by atoms with Crippen LogP contribution in [-0.4, -0.2) is 15.7 Å². The maximum absolute atomic E-state index is 11.5. The van der Waals surface area contributed by atoms with Crippen molar-refractivity contribution in [1.82, 2.24) is 15.3 Å². The summed E-state index contributed by atoms with van der Waals surface area (Å²) in [5.41, 5.74) is 2.18. The molecular formula is C13H13N3O4. The minimum absolute atomic E-state index is 0.215. The molecule has 0 aliphatic heterocycles. The van der Waals surface area contributed by atoms with Gasteiger partial charge in [0.1, 0.15) is 6.54 Å². The first-order chi connectivity index (χ1) is 9.65. The van der Waals surface area contributed by atoms with Crippen molar-refractivity contribution < 1.29 is 9.63 Å². The molecule has 2 rings (SSSR count). The molecule has 20 heavy (non-hydrogen) atoms. The highest BCUT2D eigenvalue weighted by Gasteiger charge is 2.05. The number of carbonyl (C=O) groups is 1. The SMILES string of the molecule is O=C(Cn1[nH]c(=O)ccc1=O)NOCc1ccccc1. The number of nitrogens with one attached hydrogen (secondary N) is 2. The number of benzene rings is 1. The average Bonchev–Trinajstić information content (AvgIpc) is 2.44. The number of hydrogen-bond acceptors (Lipinski definition) is 4. The van der Waals surface area contributed by atoms with Gasteiger partial charge in [0, 0.05) is 12.1 Å². The fraction of sp³-hybridized carbons (Fsp3) is 0.154. The van der Waals surface area contributed by atoms with Gasteiger partial charge in [-0.05, 0) is 5.56 Å². The Morgan fingerprint density at radius 2 is 1.90 bits per heavy atom. The van der Waals surface area contributed by atoms with Gasteiger partial charge in [0.05, 0.1) is 6.61 Å². The molecule has 2 aromatic rings. The first-order valence-electron chi connectivity index (χ1n) is 5.90. The summed E-state index contributed by atoms with van der Waals surface area (Å²) < 4.78 is 0.906. The van der Waals surface area contributed by atoms with E-state index < -0.39 is 17.0 Å². The van der Waals surface area contributed by atoms with Crippen LogP contribution in [0.15, 0.2) is 52.1 Å². The van der Waals surface area contributed by atoms with Crippen molar-refractivity contribution >= 4 is 5.91 Å². The summed E-state index contributed by atoms with van der Waals surface area (Å²) in [5.74, 6) is -0.537. The second-order valence-electron chi connectivity index (χ2n) is 4.03. The van der Waals surface area contributed by atoms with E-state index in [0.29, 0.717) is 0 Å². The lowest BCUT2D eigenvalue weighted by atomic mass is 10.2. The molecule has 0 aliphatic carbocycles. The van der Waals surface area contributed by atoms with Gasteiger partial charge in [-0.1, -0.05) is 30.3 Å². The fourth-order valence-corrected chi connectivity index (χ4v) is 1.53. The summed E-state index contributed by atoms with van der Waals surface area (Å²) in [6.45, 7) is -0.101. The molecule has 1 heterocycles. The lowest BCUT2D eigenvalue weighted by molar-refractivity contribution is -0.135. The molecule has 0 aliphatic rings. The first kappa shape index (κ1) is 13.8. The summed E-state index contributed by atoms with van der Waals surface area (Å²) in [6, 6.07) is 11.5. The van der Waals surface area contributed by atoms with Crippen LogP contribution >= 0.6 is 0 Å². The van der Waals surface area contributed by atoms with Crippen LogP contribution in [0.25, 0.3) is 0 Å². The topological polar surface area (TPSA) is 93.2 Å². The van der Waals surface area contributed by atoms with Crippen molar-refractivity contribution in [3.05, 3.63) is 68.7 Å². The van der Waals surface area contributed by atoms with Crippen LogP contribution in [-0.2, 0) is 22.8 Å². The van der Waals surface area contributed by atoms with Gasteiger partial charge in [0.15, 0.2) is 0 Å². The molecule has 0 spiro atoms. The van der Waals surface area contributed by atoms with Gasteiger partial charge in [-0.3, -0.25) is 24.3 Å². The molecule has 0 fully saturated rings. The molecular weight excluding hydrogens is 262 g/mol. The predicted octanol–water partition coefficient (Wildman–Crippen LogP) is -0.215. The Balaban J connectivity index is 1.85. The molecule has 0 unspecified atom stereocenters. The standard InChI is InChI=1S/C13H13N3O4/c17-11-6-7-13(19)16(14-11)8-12(18)15-20-9-10-4-2-1-3-5-10/h1-7H,8-9H2,(H,14,17)(H,15,18). The Hall–Kier alpha value is -2.67. The van der Waals surface area contributed by atoms with Crippen molar-refractivity contribution in [2.75, 3.05) is 0 Å². The molecule has 0 saturated heterocycles. The third-order valence-electron chi connectivity index (χ3n) is 2.46. The quantitative estimate of drug-likeness (QED) is 0.738. The van der Waals surface area contributed by atoms with Crippen LogP contribution in [0, 0.1) is 0 Å². The highest BCUT2D eigenvalue weighted by molar-refractivity contribution is 5.74. The first-order valence-corrected chi connectivity index (χ1v) is 5.90. The van der Waals surface area contributed by atoms with Crippen molar-refractivity contribution in [1.29, 1.82) is 0 Å². The number of nitrogens with zero attached hydrogens (tertiary/aromatic N) is 1. The minimum atomic E-state index is -0.537. The monoisotopic (exact) mass is 275 g/mol. The Bertz CT molecular complexity index is 691.